The summed E-state index contributed by atoms with van der Waals surface area (Å²) in [4.78, 5) is 17.7. The number of carbonyl (C=O) groups is 1. The lowest BCUT2D eigenvalue weighted by Gasteiger charge is -2.23. The average molecular weight is 263 g/mol. The zero-order valence-corrected chi connectivity index (χ0v) is 11.3. The Balaban J connectivity index is 1.72. The van der Waals surface area contributed by atoms with Crippen molar-refractivity contribution >= 4 is 11.7 Å². The van der Waals surface area contributed by atoms with Gasteiger partial charge in [-0.15, -0.1) is 0 Å². The van der Waals surface area contributed by atoms with Gasteiger partial charge in [-0.2, -0.15) is 0 Å². The number of ether oxygens (including phenoxy) is 1. The molecule has 0 saturated carbocycles. The first-order valence-electron chi connectivity index (χ1n) is 6.77. The summed E-state index contributed by atoms with van der Waals surface area (Å²) in [6.07, 6.45) is 4.45. The molecule has 0 aliphatic carbocycles. The van der Waals surface area contributed by atoms with Crippen LogP contribution in [-0.2, 0) is 9.53 Å². The Bertz CT molecular complexity index is 391. The maximum atomic E-state index is 12.0. The van der Waals surface area contributed by atoms with Crippen molar-refractivity contribution in [1.82, 2.24) is 10.3 Å². The van der Waals surface area contributed by atoms with Crippen molar-refractivity contribution in [2.45, 2.75) is 25.4 Å². The molecule has 0 radical (unpaired) electrons. The zero-order valence-electron chi connectivity index (χ0n) is 11.3. The molecule has 1 amide bonds. The monoisotopic (exact) mass is 263 g/mol. The molecule has 1 saturated heterocycles. The van der Waals surface area contributed by atoms with E-state index in [0.29, 0.717) is 24.9 Å². The van der Waals surface area contributed by atoms with Gasteiger partial charge in [0, 0.05) is 13.2 Å². The van der Waals surface area contributed by atoms with Crippen LogP contribution in [0.2, 0.25) is 0 Å². The number of amides is 1. The van der Waals surface area contributed by atoms with Gasteiger partial charge in [-0.25, -0.2) is 4.98 Å². The van der Waals surface area contributed by atoms with Crippen molar-refractivity contribution in [2.75, 3.05) is 31.6 Å². The van der Waals surface area contributed by atoms with Crippen LogP contribution in [0.5, 0.6) is 0 Å². The van der Waals surface area contributed by atoms with E-state index in [1.807, 2.05) is 18.2 Å². The highest BCUT2D eigenvalue weighted by molar-refractivity contribution is 5.91. The van der Waals surface area contributed by atoms with E-state index >= 15 is 0 Å². The summed E-state index contributed by atoms with van der Waals surface area (Å²) in [7, 11) is 1.75. The number of pyridine rings is 1. The predicted octanol–water partition coefficient (Wildman–Crippen LogP) is 1.20. The van der Waals surface area contributed by atoms with E-state index in [1.54, 1.807) is 18.1 Å². The molecule has 1 aliphatic rings. The maximum absolute atomic E-state index is 12.0. The van der Waals surface area contributed by atoms with Gasteiger partial charge in [0.1, 0.15) is 5.82 Å². The van der Waals surface area contributed by atoms with E-state index in [2.05, 4.69) is 10.3 Å². The molecule has 0 bridgehead atoms. The number of carbonyl (C=O) groups excluding carboxylic acids is 1. The first kappa shape index (κ1) is 14.0. The van der Waals surface area contributed by atoms with Gasteiger partial charge in [-0.1, -0.05) is 6.07 Å². The Kier molecular flexibility index (Phi) is 5.30. The molecule has 0 atom stereocenters. The van der Waals surface area contributed by atoms with Crippen molar-refractivity contribution in [3.05, 3.63) is 24.4 Å². The Morgan fingerprint density at radius 2 is 2.26 bits per heavy atom. The summed E-state index contributed by atoms with van der Waals surface area (Å²) in [5.41, 5.74) is 0. The number of hydrogen-bond acceptors (Lipinski definition) is 4. The lowest BCUT2D eigenvalue weighted by molar-refractivity contribution is -0.120. The van der Waals surface area contributed by atoms with Crippen LogP contribution in [0.25, 0.3) is 0 Å². The van der Waals surface area contributed by atoms with Crippen molar-refractivity contribution in [3.8, 4) is 0 Å². The Labute approximate surface area is 114 Å². The summed E-state index contributed by atoms with van der Waals surface area (Å²) in [6, 6.07) is 5.53. The molecule has 0 aromatic carbocycles. The third-order valence-corrected chi connectivity index (χ3v) is 3.32. The topological polar surface area (TPSA) is 54.5 Å². The van der Waals surface area contributed by atoms with Crippen LogP contribution in [0, 0.1) is 0 Å². The fourth-order valence-electron chi connectivity index (χ4n) is 2.12. The molecule has 104 valence electrons. The van der Waals surface area contributed by atoms with E-state index in [9.17, 15) is 4.79 Å². The summed E-state index contributed by atoms with van der Waals surface area (Å²) < 4.78 is 5.73. The molecule has 1 aliphatic heterocycles. The van der Waals surface area contributed by atoms with Gasteiger partial charge in [0.05, 0.1) is 19.1 Å². The molecule has 0 spiro atoms. The molecule has 1 aromatic heterocycles. The summed E-state index contributed by atoms with van der Waals surface area (Å²) in [5.74, 6) is 0.710. The number of anilines is 1. The van der Waals surface area contributed by atoms with Crippen LogP contribution in [0.15, 0.2) is 24.4 Å². The predicted molar refractivity (Wildman–Crippen MR) is 74.1 cm³/mol. The lowest BCUT2D eigenvalue weighted by atomic mass is 10.1. The summed E-state index contributed by atoms with van der Waals surface area (Å²) >= 11 is 0. The molecular weight excluding hydrogens is 242 g/mol. The Hall–Kier alpha value is -1.46. The number of nitrogens with zero attached hydrogens (tertiary/aromatic N) is 2. The number of piperidine rings is 1. The second kappa shape index (κ2) is 7.21. The first-order valence-corrected chi connectivity index (χ1v) is 6.77. The van der Waals surface area contributed by atoms with Crippen LogP contribution >= 0.6 is 0 Å². The molecule has 0 unspecified atom stereocenters. The van der Waals surface area contributed by atoms with E-state index in [-0.39, 0.29) is 5.91 Å². The largest absolute Gasteiger partial charge is 0.378 e. The smallest absolute Gasteiger partial charge is 0.230 e. The summed E-state index contributed by atoms with van der Waals surface area (Å²) in [5, 5.41) is 3.29. The van der Waals surface area contributed by atoms with Crippen molar-refractivity contribution in [1.29, 1.82) is 0 Å². The minimum atomic E-state index is 0.0348. The van der Waals surface area contributed by atoms with Gasteiger partial charge in [-0.3, -0.25) is 9.69 Å². The van der Waals surface area contributed by atoms with Crippen molar-refractivity contribution < 1.29 is 9.53 Å². The van der Waals surface area contributed by atoms with E-state index in [1.165, 1.54) is 0 Å². The van der Waals surface area contributed by atoms with Gasteiger partial charge in [0.2, 0.25) is 5.91 Å². The van der Waals surface area contributed by atoms with Gasteiger partial charge in [-0.05, 0) is 38.1 Å². The third-order valence-electron chi connectivity index (χ3n) is 3.32. The number of aromatic nitrogens is 1. The van der Waals surface area contributed by atoms with Gasteiger partial charge in [0.15, 0.2) is 0 Å². The third kappa shape index (κ3) is 4.29. The van der Waals surface area contributed by atoms with E-state index in [4.69, 9.17) is 4.74 Å². The minimum Gasteiger partial charge on any atom is -0.378 e. The molecule has 1 N–H and O–H groups in total. The van der Waals surface area contributed by atoms with Gasteiger partial charge < -0.3 is 10.1 Å². The molecular formula is C14H21N3O2. The number of nitrogens with one attached hydrogen (secondary N) is 1. The Morgan fingerprint density at radius 3 is 2.95 bits per heavy atom. The highest BCUT2D eigenvalue weighted by Gasteiger charge is 2.15. The average Bonchev–Trinajstić information content (AvgIpc) is 2.48. The second-order valence-corrected chi connectivity index (χ2v) is 4.71. The lowest BCUT2D eigenvalue weighted by Crippen LogP contribution is -2.33. The van der Waals surface area contributed by atoms with Crippen LogP contribution in [0.1, 0.15) is 19.3 Å². The van der Waals surface area contributed by atoms with Gasteiger partial charge >= 0.3 is 0 Å². The van der Waals surface area contributed by atoms with Crippen LogP contribution in [0.4, 0.5) is 5.82 Å². The highest BCUT2D eigenvalue weighted by Crippen LogP contribution is 2.10. The molecule has 2 heterocycles. The fraction of sp³-hybridized carbons (Fsp3) is 0.571. The van der Waals surface area contributed by atoms with Crippen LogP contribution < -0.4 is 10.2 Å². The highest BCUT2D eigenvalue weighted by atomic mass is 16.5. The minimum absolute atomic E-state index is 0.0348. The van der Waals surface area contributed by atoms with Crippen molar-refractivity contribution in [3.63, 3.8) is 0 Å². The normalized spacial score (nSPS) is 16.3. The van der Waals surface area contributed by atoms with Crippen LogP contribution in [0.3, 0.4) is 0 Å². The number of hydrogen-bond donors (Lipinski definition) is 1. The molecule has 19 heavy (non-hydrogen) atoms. The molecule has 1 aromatic rings. The Morgan fingerprint density at radius 1 is 1.47 bits per heavy atom. The molecule has 5 heteroatoms. The zero-order chi connectivity index (χ0) is 13.5. The molecule has 5 nitrogen and oxygen atoms in total. The van der Waals surface area contributed by atoms with E-state index < -0.39 is 0 Å². The summed E-state index contributed by atoms with van der Waals surface area (Å²) in [6.45, 7) is 2.50. The molecule has 2 rings (SSSR count). The number of rotatable bonds is 5. The molecule has 1 fully saturated rings. The second-order valence-electron chi connectivity index (χ2n) is 4.71. The standard InChI is InChI=1S/C14H21N3O2/c1-17(13-4-2-3-8-16-13)14(18)7-11-19-12-5-9-15-10-6-12/h2-4,8,12,15H,5-7,9-11H2,1H3. The SMILES string of the molecule is CN(C(=O)CCOC1CCNCC1)c1ccccn1. The first-order chi connectivity index (χ1) is 9.27. The van der Waals surface area contributed by atoms with Gasteiger partial charge in [0.25, 0.3) is 0 Å². The quantitative estimate of drug-likeness (QED) is 0.867. The fourth-order valence-corrected chi connectivity index (χ4v) is 2.12. The van der Waals surface area contributed by atoms with Crippen LogP contribution in [-0.4, -0.2) is 43.7 Å². The maximum Gasteiger partial charge on any atom is 0.230 e. The van der Waals surface area contributed by atoms with E-state index in [0.717, 1.165) is 25.9 Å². The van der Waals surface area contributed by atoms with Crippen molar-refractivity contribution in [2.24, 2.45) is 0 Å².